The van der Waals surface area contributed by atoms with Gasteiger partial charge in [0.25, 0.3) is 11.6 Å². The Morgan fingerprint density at radius 3 is 2.81 bits per heavy atom. The fourth-order valence-corrected chi connectivity index (χ4v) is 2.95. The molecule has 0 aliphatic carbocycles. The molecule has 0 fully saturated rings. The molecule has 1 aromatic heterocycles. The van der Waals surface area contributed by atoms with Gasteiger partial charge < -0.3 is 10.1 Å². The number of carbonyl (C=O) groups excluding carboxylic acids is 2. The molecule has 2 rings (SSSR count). The van der Waals surface area contributed by atoms with Crippen LogP contribution >= 0.6 is 22.9 Å². The molecule has 0 saturated carbocycles. The zero-order chi connectivity index (χ0) is 20.0. The first kappa shape index (κ1) is 20.1. The molecule has 0 spiro atoms. The maximum absolute atomic E-state index is 12.4. The van der Waals surface area contributed by atoms with Gasteiger partial charge >= 0.3 is 5.97 Å². The molecule has 8 nitrogen and oxygen atoms in total. The van der Waals surface area contributed by atoms with E-state index in [1.807, 2.05) is 0 Å². The Morgan fingerprint density at radius 1 is 1.44 bits per heavy atom. The van der Waals surface area contributed by atoms with Crippen LogP contribution in [0.1, 0.15) is 22.8 Å². The molecule has 1 heterocycles. The number of anilines is 1. The van der Waals surface area contributed by atoms with Gasteiger partial charge in [0.05, 0.1) is 17.1 Å². The van der Waals surface area contributed by atoms with Crippen molar-refractivity contribution in [3.63, 3.8) is 0 Å². The van der Waals surface area contributed by atoms with E-state index in [4.69, 9.17) is 16.3 Å². The lowest BCUT2D eigenvalue weighted by atomic mass is 10.1. The number of halogens is 1. The normalized spacial score (nSPS) is 10.8. The van der Waals surface area contributed by atoms with Gasteiger partial charge in [-0.05, 0) is 30.5 Å². The van der Waals surface area contributed by atoms with Gasteiger partial charge in [-0.2, -0.15) is 5.26 Å². The summed E-state index contributed by atoms with van der Waals surface area (Å²) < 4.78 is 4.90. The summed E-state index contributed by atoms with van der Waals surface area (Å²) in [5.41, 5.74) is -0.248. The molecule has 27 heavy (non-hydrogen) atoms. The summed E-state index contributed by atoms with van der Waals surface area (Å²) in [5, 5.41) is 24.6. The molecule has 1 aromatic carbocycles. The first-order chi connectivity index (χ1) is 12.9. The molecule has 1 N–H and O–H groups in total. The van der Waals surface area contributed by atoms with Gasteiger partial charge in [-0.15, -0.1) is 11.3 Å². The van der Waals surface area contributed by atoms with Crippen molar-refractivity contribution in [1.82, 2.24) is 0 Å². The van der Waals surface area contributed by atoms with Crippen molar-refractivity contribution in [2.75, 3.05) is 11.9 Å². The van der Waals surface area contributed by atoms with Crippen LogP contribution in [0.4, 0.5) is 10.7 Å². The fourth-order valence-electron chi connectivity index (χ4n) is 2.01. The maximum Gasteiger partial charge on any atom is 0.341 e. The number of nitrogens with one attached hydrogen (secondary N) is 1. The molecule has 10 heteroatoms. The van der Waals surface area contributed by atoms with Crippen LogP contribution in [0.3, 0.4) is 0 Å². The molecule has 138 valence electrons. The fraction of sp³-hybridized carbons (Fsp3) is 0.118. The van der Waals surface area contributed by atoms with Crippen molar-refractivity contribution in [1.29, 1.82) is 5.26 Å². The number of nitrogens with zero attached hydrogens (tertiary/aromatic N) is 2. The van der Waals surface area contributed by atoms with Crippen LogP contribution in [-0.2, 0) is 9.53 Å². The largest absolute Gasteiger partial charge is 0.462 e. The van der Waals surface area contributed by atoms with Crippen molar-refractivity contribution in [2.45, 2.75) is 6.92 Å². The minimum atomic E-state index is -0.784. The summed E-state index contributed by atoms with van der Waals surface area (Å²) in [6.45, 7) is 1.83. The van der Waals surface area contributed by atoms with Gasteiger partial charge in [0.15, 0.2) is 0 Å². The van der Waals surface area contributed by atoms with E-state index < -0.39 is 16.8 Å². The minimum Gasteiger partial charge on any atom is -0.462 e. The van der Waals surface area contributed by atoms with E-state index in [1.165, 1.54) is 18.2 Å². The first-order valence-electron chi connectivity index (χ1n) is 7.49. The summed E-state index contributed by atoms with van der Waals surface area (Å²) in [6.07, 6.45) is 1.14. The second-order valence-corrected chi connectivity index (χ2v) is 6.29. The number of esters is 1. The van der Waals surface area contributed by atoms with Gasteiger partial charge in [0, 0.05) is 22.7 Å². The summed E-state index contributed by atoms with van der Waals surface area (Å²) in [7, 11) is 0. The molecule has 0 atom stereocenters. The van der Waals surface area contributed by atoms with Crippen LogP contribution < -0.4 is 5.32 Å². The van der Waals surface area contributed by atoms with E-state index >= 15 is 0 Å². The van der Waals surface area contributed by atoms with Crippen LogP contribution in [0, 0.1) is 21.4 Å². The highest BCUT2D eigenvalue weighted by atomic mass is 35.5. The zero-order valence-electron chi connectivity index (χ0n) is 13.9. The topological polar surface area (TPSA) is 122 Å². The molecule has 0 aliphatic heterocycles. The summed E-state index contributed by atoms with van der Waals surface area (Å²) in [5.74, 6) is -1.38. The Balaban J connectivity index is 2.30. The van der Waals surface area contributed by atoms with E-state index in [9.17, 15) is 25.0 Å². The lowest BCUT2D eigenvalue weighted by Crippen LogP contribution is -2.15. The second kappa shape index (κ2) is 8.93. The van der Waals surface area contributed by atoms with Crippen LogP contribution in [0.5, 0.6) is 0 Å². The molecule has 1 amide bonds. The van der Waals surface area contributed by atoms with Crippen molar-refractivity contribution >= 4 is 51.6 Å². The maximum atomic E-state index is 12.4. The van der Waals surface area contributed by atoms with Gasteiger partial charge in [-0.25, -0.2) is 4.79 Å². The third-order valence-electron chi connectivity index (χ3n) is 3.24. The predicted octanol–water partition coefficient (Wildman–Crippen LogP) is 4.03. The van der Waals surface area contributed by atoms with Gasteiger partial charge in [0.1, 0.15) is 16.6 Å². The number of non-ortho nitro benzene ring substituents is 1. The quantitative estimate of drug-likeness (QED) is 0.254. The number of nitro benzene ring substituents is 1. The SMILES string of the molecule is CCOC(=O)c1ccsc1NC(=O)C(C#N)=Cc1cc([N+](=O)[O-])ccc1Cl. The van der Waals surface area contributed by atoms with Gasteiger partial charge in [-0.3, -0.25) is 14.9 Å². The predicted molar refractivity (Wildman–Crippen MR) is 101 cm³/mol. The summed E-state index contributed by atoms with van der Waals surface area (Å²) in [6, 6.07) is 6.88. The van der Waals surface area contributed by atoms with Crippen molar-refractivity contribution in [3.8, 4) is 6.07 Å². The number of rotatable bonds is 6. The monoisotopic (exact) mass is 405 g/mol. The number of ether oxygens (including phenoxy) is 1. The molecule has 0 unspecified atom stereocenters. The number of nitriles is 1. The van der Waals surface area contributed by atoms with Crippen molar-refractivity contribution in [2.24, 2.45) is 0 Å². The third-order valence-corrected chi connectivity index (χ3v) is 4.42. The Labute approximate surface area is 162 Å². The molecule has 0 radical (unpaired) electrons. The zero-order valence-corrected chi connectivity index (χ0v) is 15.5. The Kier molecular flexibility index (Phi) is 6.65. The smallest absolute Gasteiger partial charge is 0.341 e. The van der Waals surface area contributed by atoms with Crippen molar-refractivity contribution < 1.29 is 19.2 Å². The number of thiophene rings is 1. The summed E-state index contributed by atoms with van der Waals surface area (Å²) >= 11 is 7.07. The van der Waals surface area contributed by atoms with E-state index in [0.29, 0.717) is 0 Å². The number of benzene rings is 1. The second-order valence-electron chi connectivity index (χ2n) is 4.97. The molecule has 0 bridgehead atoms. The molecular formula is C17H12ClN3O5S. The van der Waals surface area contributed by atoms with E-state index in [-0.39, 0.29) is 39.0 Å². The number of hydrogen-bond acceptors (Lipinski definition) is 7. The van der Waals surface area contributed by atoms with Crippen LogP contribution in [0.2, 0.25) is 5.02 Å². The molecule has 0 saturated heterocycles. The third kappa shape index (κ3) is 4.91. The minimum absolute atomic E-state index is 0.143. The van der Waals surface area contributed by atoms with E-state index in [2.05, 4.69) is 5.32 Å². The lowest BCUT2D eigenvalue weighted by molar-refractivity contribution is -0.384. The van der Waals surface area contributed by atoms with E-state index in [1.54, 1.807) is 18.4 Å². The Hall–Kier alpha value is -3.22. The highest BCUT2D eigenvalue weighted by Gasteiger charge is 2.18. The Morgan fingerprint density at radius 2 is 2.19 bits per heavy atom. The molecule has 0 aliphatic rings. The highest BCUT2D eigenvalue weighted by molar-refractivity contribution is 7.14. The number of amides is 1. The van der Waals surface area contributed by atoms with Gasteiger partial charge in [0.2, 0.25) is 0 Å². The Bertz CT molecular complexity index is 977. The number of hydrogen-bond donors (Lipinski definition) is 1. The van der Waals surface area contributed by atoms with Crippen LogP contribution in [0.15, 0.2) is 35.2 Å². The first-order valence-corrected chi connectivity index (χ1v) is 8.74. The molecule has 2 aromatic rings. The average Bonchev–Trinajstić information content (AvgIpc) is 3.09. The number of nitro groups is 1. The number of carbonyl (C=O) groups is 2. The molecular weight excluding hydrogens is 394 g/mol. The highest BCUT2D eigenvalue weighted by Crippen LogP contribution is 2.27. The van der Waals surface area contributed by atoms with Crippen LogP contribution in [0.25, 0.3) is 6.08 Å². The average molecular weight is 406 g/mol. The standard InChI is InChI=1S/C17H12ClN3O5S/c1-2-26-17(23)13-5-6-27-16(13)20-15(22)11(9-19)7-10-8-12(21(24)25)3-4-14(10)18/h3-8H,2H2,1H3,(H,20,22). The lowest BCUT2D eigenvalue weighted by Gasteiger charge is -2.06. The summed E-state index contributed by atoms with van der Waals surface area (Å²) in [4.78, 5) is 34.5. The van der Waals surface area contributed by atoms with E-state index in [0.717, 1.165) is 23.5 Å². The van der Waals surface area contributed by atoms with Gasteiger partial charge in [-0.1, -0.05) is 11.6 Å². The van der Waals surface area contributed by atoms with Crippen molar-refractivity contribution in [3.05, 3.63) is 61.5 Å². The van der Waals surface area contributed by atoms with Crippen LogP contribution in [-0.4, -0.2) is 23.4 Å².